The molecule has 4 saturated carbocycles. The largest absolute Gasteiger partial charge is 0.328 e. The second-order valence-electron chi connectivity index (χ2n) is 9.11. The summed E-state index contributed by atoms with van der Waals surface area (Å²) in [7, 11) is 0. The zero-order valence-corrected chi connectivity index (χ0v) is 15.0. The number of nitrogens with two attached hydrogens (primary N) is 1. The second kappa shape index (κ2) is 5.48. The Hall–Kier alpha value is -0.0800. The molecule has 0 aromatic rings. The van der Waals surface area contributed by atoms with Crippen LogP contribution in [0.3, 0.4) is 0 Å². The van der Waals surface area contributed by atoms with Gasteiger partial charge in [0.15, 0.2) is 0 Å². The summed E-state index contributed by atoms with van der Waals surface area (Å²) in [6.45, 7) is 4.86. The first-order valence-corrected chi connectivity index (χ1v) is 9.24. The minimum Gasteiger partial charge on any atom is -0.328 e. The molecule has 4 rings (SSSR count). The third-order valence-electron chi connectivity index (χ3n) is 8.42. The maximum atomic E-state index is 12.4. The van der Waals surface area contributed by atoms with E-state index in [0.717, 1.165) is 30.6 Å². The molecule has 0 bridgehead atoms. The molecule has 4 fully saturated rings. The highest BCUT2D eigenvalue weighted by Crippen LogP contribution is 2.65. The van der Waals surface area contributed by atoms with Gasteiger partial charge in [0, 0.05) is 17.9 Å². The van der Waals surface area contributed by atoms with Crippen LogP contribution < -0.4 is 5.73 Å². The molecule has 0 amide bonds. The molecule has 4 aliphatic carbocycles. The van der Waals surface area contributed by atoms with E-state index in [0.29, 0.717) is 23.2 Å². The van der Waals surface area contributed by atoms with Gasteiger partial charge in [-0.1, -0.05) is 13.8 Å². The number of carbonyl (C=O) groups is 1. The van der Waals surface area contributed by atoms with Crippen LogP contribution >= 0.6 is 12.4 Å². The molecular formula is C19H32ClNO. The van der Waals surface area contributed by atoms with Gasteiger partial charge in [0.05, 0.1) is 0 Å². The average molecular weight is 326 g/mol. The normalized spacial score (nSPS) is 54.0. The Morgan fingerprint density at radius 1 is 1.00 bits per heavy atom. The van der Waals surface area contributed by atoms with Gasteiger partial charge in [-0.15, -0.1) is 12.4 Å². The van der Waals surface area contributed by atoms with Crippen LogP contribution in [0.2, 0.25) is 0 Å². The van der Waals surface area contributed by atoms with Crippen LogP contribution in [-0.4, -0.2) is 11.8 Å². The second-order valence-corrected chi connectivity index (χ2v) is 9.11. The molecule has 7 atom stereocenters. The van der Waals surface area contributed by atoms with Crippen molar-refractivity contribution < 1.29 is 4.79 Å². The van der Waals surface area contributed by atoms with Crippen LogP contribution in [0, 0.1) is 34.5 Å². The number of hydrogen-bond acceptors (Lipinski definition) is 2. The number of hydrogen-bond donors (Lipinski definition) is 1. The Morgan fingerprint density at radius 2 is 1.77 bits per heavy atom. The molecule has 22 heavy (non-hydrogen) atoms. The topological polar surface area (TPSA) is 43.1 Å². The highest BCUT2D eigenvalue weighted by molar-refractivity contribution is 5.87. The Morgan fingerprint density at radius 3 is 2.55 bits per heavy atom. The molecule has 4 aliphatic rings. The smallest absolute Gasteiger partial charge is 0.139 e. The van der Waals surface area contributed by atoms with E-state index < -0.39 is 0 Å². The van der Waals surface area contributed by atoms with Crippen molar-refractivity contribution in [3.05, 3.63) is 0 Å². The lowest BCUT2D eigenvalue weighted by Crippen LogP contribution is -2.54. The first kappa shape index (κ1) is 16.8. The first-order valence-electron chi connectivity index (χ1n) is 9.24. The van der Waals surface area contributed by atoms with Crippen molar-refractivity contribution in [2.24, 2.45) is 40.2 Å². The van der Waals surface area contributed by atoms with Gasteiger partial charge < -0.3 is 5.73 Å². The van der Waals surface area contributed by atoms with Gasteiger partial charge in [0.25, 0.3) is 0 Å². The van der Waals surface area contributed by atoms with E-state index >= 15 is 0 Å². The van der Waals surface area contributed by atoms with Crippen molar-refractivity contribution in [2.45, 2.75) is 77.7 Å². The van der Waals surface area contributed by atoms with Crippen molar-refractivity contribution in [1.82, 2.24) is 0 Å². The molecule has 0 spiro atoms. The number of Topliss-reactive ketones (excluding diaryl/α,β-unsaturated/α-hetero) is 1. The monoisotopic (exact) mass is 325 g/mol. The maximum absolute atomic E-state index is 12.4. The number of fused-ring (bicyclic) bond motifs is 5. The average Bonchev–Trinajstić information content (AvgIpc) is 2.76. The van der Waals surface area contributed by atoms with Crippen molar-refractivity contribution >= 4 is 18.2 Å². The fourth-order valence-electron chi connectivity index (χ4n) is 7.06. The number of ketones is 1. The Labute approximate surface area is 141 Å². The van der Waals surface area contributed by atoms with Gasteiger partial charge in [0.1, 0.15) is 5.78 Å². The van der Waals surface area contributed by atoms with E-state index in [1.54, 1.807) is 0 Å². The Kier molecular flexibility index (Phi) is 4.18. The van der Waals surface area contributed by atoms with Gasteiger partial charge in [-0.3, -0.25) is 4.79 Å². The van der Waals surface area contributed by atoms with Gasteiger partial charge in [0.2, 0.25) is 0 Å². The molecule has 126 valence electrons. The number of rotatable bonds is 0. The van der Waals surface area contributed by atoms with Gasteiger partial charge in [-0.25, -0.2) is 0 Å². The lowest BCUT2D eigenvalue weighted by Gasteiger charge is -2.60. The quantitative estimate of drug-likeness (QED) is 0.719. The maximum Gasteiger partial charge on any atom is 0.139 e. The molecule has 2 nitrogen and oxygen atoms in total. The van der Waals surface area contributed by atoms with Gasteiger partial charge in [-0.05, 0) is 80.5 Å². The summed E-state index contributed by atoms with van der Waals surface area (Å²) in [4.78, 5) is 12.4. The summed E-state index contributed by atoms with van der Waals surface area (Å²) in [6.07, 6.45) is 11.0. The van der Waals surface area contributed by atoms with Crippen molar-refractivity contribution in [2.75, 3.05) is 0 Å². The third kappa shape index (κ3) is 2.13. The summed E-state index contributed by atoms with van der Waals surface area (Å²) >= 11 is 0. The SMILES string of the molecule is C[C@]12CC[C@H](N)C[C@@H]1CC[C@@H]1[C@@H]2CC[C@]2(C)C(=O)CC[C@@H]12.Cl. The predicted molar refractivity (Wildman–Crippen MR) is 92.0 cm³/mol. The first-order chi connectivity index (χ1) is 9.95. The summed E-state index contributed by atoms with van der Waals surface area (Å²) in [5, 5.41) is 0. The van der Waals surface area contributed by atoms with E-state index in [-0.39, 0.29) is 17.8 Å². The van der Waals surface area contributed by atoms with E-state index in [1.165, 1.54) is 44.9 Å². The molecule has 0 unspecified atom stereocenters. The van der Waals surface area contributed by atoms with Crippen LogP contribution in [-0.2, 0) is 4.79 Å². The van der Waals surface area contributed by atoms with Crippen molar-refractivity contribution in [3.63, 3.8) is 0 Å². The molecule has 0 aromatic carbocycles. The fraction of sp³-hybridized carbons (Fsp3) is 0.947. The molecular weight excluding hydrogens is 294 g/mol. The molecule has 0 radical (unpaired) electrons. The zero-order valence-electron chi connectivity index (χ0n) is 14.1. The van der Waals surface area contributed by atoms with Crippen LogP contribution in [0.15, 0.2) is 0 Å². The molecule has 0 saturated heterocycles. The summed E-state index contributed by atoms with van der Waals surface area (Å²) in [5.74, 6) is 3.81. The lowest BCUT2D eigenvalue weighted by atomic mass is 9.45. The minimum absolute atomic E-state index is 0. The van der Waals surface area contributed by atoms with Crippen LogP contribution in [0.1, 0.15) is 71.6 Å². The Balaban J connectivity index is 0.00000144. The molecule has 0 aromatic heterocycles. The van der Waals surface area contributed by atoms with Crippen LogP contribution in [0.5, 0.6) is 0 Å². The third-order valence-corrected chi connectivity index (χ3v) is 8.42. The molecule has 3 heteroatoms. The minimum atomic E-state index is 0. The molecule has 0 aliphatic heterocycles. The summed E-state index contributed by atoms with van der Waals surface area (Å²) < 4.78 is 0. The summed E-state index contributed by atoms with van der Waals surface area (Å²) in [6, 6.07) is 0.446. The fourth-order valence-corrected chi connectivity index (χ4v) is 7.06. The molecule has 0 heterocycles. The van der Waals surface area contributed by atoms with Gasteiger partial charge >= 0.3 is 0 Å². The Bertz CT molecular complexity index is 466. The number of carbonyl (C=O) groups excluding carboxylic acids is 1. The lowest BCUT2D eigenvalue weighted by molar-refractivity contribution is -0.139. The van der Waals surface area contributed by atoms with Crippen LogP contribution in [0.25, 0.3) is 0 Å². The zero-order chi connectivity index (χ0) is 14.8. The van der Waals surface area contributed by atoms with Gasteiger partial charge in [-0.2, -0.15) is 0 Å². The van der Waals surface area contributed by atoms with E-state index in [2.05, 4.69) is 13.8 Å². The summed E-state index contributed by atoms with van der Waals surface area (Å²) in [5.41, 5.74) is 6.81. The van der Waals surface area contributed by atoms with E-state index in [1.807, 2.05) is 0 Å². The van der Waals surface area contributed by atoms with Crippen molar-refractivity contribution in [1.29, 1.82) is 0 Å². The standard InChI is InChI=1S/C19H31NO.ClH/c1-18-9-7-13(20)11-12(18)3-4-14-15-5-6-17(21)19(15,2)10-8-16(14)18;/h12-16H,3-11,20H2,1-2H3;1H/t12-,13-,14-,15-,16-,18-,19-;/m0./s1. The van der Waals surface area contributed by atoms with Crippen LogP contribution in [0.4, 0.5) is 0 Å². The highest BCUT2D eigenvalue weighted by atomic mass is 35.5. The van der Waals surface area contributed by atoms with E-state index in [9.17, 15) is 4.79 Å². The predicted octanol–water partition coefficient (Wildman–Crippen LogP) is 4.35. The molecule has 2 N–H and O–H groups in total. The highest BCUT2D eigenvalue weighted by Gasteiger charge is 2.59. The number of halogens is 1. The van der Waals surface area contributed by atoms with E-state index in [4.69, 9.17) is 5.73 Å². The van der Waals surface area contributed by atoms with Crippen molar-refractivity contribution in [3.8, 4) is 0 Å².